The fourth-order valence-electron chi connectivity index (χ4n) is 2.66. The number of thioether (sulfide) groups is 1. The molecular formula is C14H13N3O5S2. The number of amides is 2. The molecule has 0 bridgehead atoms. The summed E-state index contributed by atoms with van der Waals surface area (Å²) >= 11 is -0.0845. The number of aromatic nitrogens is 1. The van der Waals surface area contributed by atoms with Crippen LogP contribution in [0.3, 0.4) is 0 Å². The van der Waals surface area contributed by atoms with Gasteiger partial charge < -0.3 is 15.0 Å². The summed E-state index contributed by atoms with van der Waals surface area (Å²) in [5.74, 6) is -1.42. The van der Waals surface area contributed by atoms with Crippen molar-refractivity contribution in [3.05, 3.63) is 35.8 Å². The fourth-order valence-corrected chi connectivity index (χ4v) is 5.38. The molecule has 3 atom stereocenters. The minimum atomic E-state index is -1.47. The number of carbonyl (C=O) groups is 3. The predicted octanol–water partition coefficient (Wildman–Crippen LogP) is -0.442. The van der Waals surface area contributed by atoms with Crippen molar-refractivity contribution in [1.82, 2.24) is 15.2 Å². The van der Waals surface area contributed by atoms with Crippen LogP contribution in [-0.2, 0) is 25.6 Å². The van der Waals surface area contributed by atoms with Gasteiger partial charge in [0.25, 0.3) is 5.91 Å². The molecule has 2 N–H and O–H groups in total. The van der Waals surface area contributed by atoms with Gasteiger partial charge in [-0.3, -0.25) is 19.5 Å². The second-order valence-corrected chi connectivity index (χ2v) is 7.70. The molecule has 2 aliphatic heterocycles. The normalized spacial score (nSPS) is 25.8. The van der Waals surface area contributed by atoms with E-state index < -0.39 is 34.5 Å². The van der Waals surface area contributed by atoms with Crippen molar-refractivity contribution in [2.45, 2.75) is 16.3 Å². The molecule has 1 saturated heterocycles. The van der Waals surface area contributed by atoms with Gasteiger partial charge in [-0.25, -0.2) is 4.79 Å². The van der Waals surface area contributed by atoms with Crippen LogP contribution >= 0.6 is 11.8 Å². The SMILES string of the molecule is O=CN[C@@H]1C(=O)N2C(C(=O)O)=C(CSc3ccncc3)C[S@+]([O-])[C@H]12. The van der Waals surface area contributed by atoms with Crippen molar-refractivity contribution in [3.8, 4) is 0 Å². The Morgan fingerprint density at radius 2 is 2.25 bits per heavy atom. The molecule has 1 aromatic rings. The van der Waals surface area contributed by atoms with Crippen molar-refractivity contribution >= 4 is 41.2 Å². The van der Waals surface area contributed by atoms with Crippen LogP contribution in [-0.4, -0.2) is 60.8 Å². The summed E-state index contributed by atoms with van der Waals surface area (Å²) in [4.78, 5) is 40.1. The number of fused-ring (bicyclic) bond motifs is 1. The van der Waals surface area contributed by atoms with Crippen LogP contribution in [0.25, 0.3) is 0 Å². The lowest BCUT2D eigenvalue weighted by molar-refractivity contribution is -0.150. The Hall–Kier alpha value is -2.04. The number of carboxylic acid groups (broad SMARTS) is 1. The van der Waals surface area contributed by atoms with E-state index in [2.05, 4.69) is 10.3 Å². The lowest BCUT2D eigenvalue weighted by Gasteiger charge is -2.48. The number of carboxylic acids is 1. The molecule has 0 radical (unpaired) electrons. The topological polar surface area (TPSA) is 123 Å². The van der Waals surface area contributed by atoms with Crippen LogP contribution < -0.4 is 5.32 Å². The highest BCUT2D eigenvalue weighted by atomic mass is 32.2. The summed E-state index contributed by atoms with van der Waals surface area (Å²) in [5.41, 5.74) is 0.312. The van der Waals surface area contributed by atoms with Gasteiger partial charge in [0.1, 0.15) is 11.4 Å². The summed E-state index contributed by atoms with van der Waals surface area (Å²) in [6.07, 6.45) is 3.60. The zero-order chi connectivity index (χ0) is 17.3. The van der Waals surface area contributed by atoms with Gasteiger partial charge >= 0.3 is 5.97 Å². The van der Waals surface area contributed by atoms with Gasteiger partial charge in [-0.15, -0.1) is 11.8 Å². The van der Waals surface area contributed by atoms with Crippen LogP contribution in [0.15, 0.2) is 40.7 Å². The van der Waals surface area contributed by atoms with E-state index >= 15 is 0 Å². The number of carbonyl (C=O) groups excluding carboxylic acids is 2. The second kappa shape index (κ2) is 6.83. The molecule has 2 aliphatic rings. The molecular weight excluding hydrogens is 354 g/mol. The lowest BCUT2D eigenvalue weighted by Crippen LogP contribution is -2.74. The van der Waals surface area contributed by atoms with E-state index in [1.165, 1.54) is 11.8 Å². The Labute approximate surface area is 144 Å². The zero-order valence-corrected chi connectivity index (χ0v) is 13.9. The molecule has 2 amide bonds. The molecule has 0 aliphatic carbocycles. The van der Waals surface area contributed by atoms with Crippen molar-refractivity contribution < 1.29 is 24.0 Å². The molecule has 1 aromatic heterocycles. The summed E-state index contributed by atoms with van der Waals surface area (Å²) in [6, 6.07) is 2.65. The quantitative estimate of drug-likeness (QED) is 0.302. The van der Waals surface area contributed by atoms with Crippen LogP contribution in [0, 0.1) is 0 Å². The minimum Gasteiger partial charge on any atom is -0.614 e. The summed E-state index contributed by atoms with van der Waals surface area (Å²) < 4.78 is 12.4. The monoisotopic (exact) mass is 367 g/mol. The lowest BCUT2D eigenvalue weighted by atomic mass is 10.0. The standard InChI is InChI=1S/C14H13N3O5S2/c18-7-16-10-12(19)17-11(14(20)21)8(6-24(22)13(10)17)5-23-9-1-3-15-4-2-9/h1-4,7,10,13H,5-6H2,(H,16,18)(H,20,21)/t10-,13-,24+/m1/s1. The highest BCUT2D eigenvalue weighted by Gasteiger charge is 2.60. The number of aliphatic carboxylic acids is 1. The average Bonchev–Trinajstić information content (AvgIpc) is 2.58. The fraction of sp³-hybridized carbons (Fsp3) is 0.286. The van der Waals surface area contributed by atoms with E-state index in [0.29, 0.717) is 17.7 Å². The molecule has 10 heteroatoms. The van der Waals surface area contributed by atoms with Crippen molar-refractivity contribution in [1.29, 1.82) is 0 Å². The van der Waals surface area contributed by atoms with Gasteiger partial charge in [-0.1, -0.05) is 0 Å². The highest BCUT2D eigenvalue weighted by molar-refractivity contribution is 7.99. The Kier molecular flexibility index (Phi) is 4.78. The maximum absolute atomic E-state index is 12.4. The Bertz CT molecular complexity index is 712. The Morgan fingerprint density at radius 3 is 2.88 bits per heavy atom. The van der Waals surface area contributed by atoms with Gasteiger partial charge in [0.05, 0.1) is 0 Å². The summed E-state index contributed by atoms with van der Waals surface area (Å²) in [7, 11) is 0. The predicted molar refractivity (Wildman–Crippen MR) is 86.3 cm³/mol. The summed E-state index contributed by atoms with van der Waals surface area (Å²) in [5, 5.41) is 11.0. The third-order valence-electron chi connectivity index (χ3n) is 3.72. The first-order valence-electron chi connectivity index (χ1n) is 6.92. The third kappa shape index (κ3) is 2.87. The largest absolute Gasteiger partial charge is 0.614 e. The molecule has 3 heterocycles. The Balaban J connectivity index is 1.85. The van der Waals surface area contributed by atoms with Crippen molar-refractivity contribution in [3.63, 3.8) is 0 Å². The molecule has 24 heavy (non-hydrogen) atoms. The average molecular weight is 367 g/mol. The number of hydrogen-bond donors (Lipinski definition) is 2. The molecule has 8 nitrogen and oxygen atoms in total. The second-order valence-electron chi connectivity index (χ2n) is 5.11. The molecule has 1 fully saturated rings. The summed E-state index contributed by atoms with van der Waals surface area (Å²) in [6.45, 7) is 0. The Morgan fingerprint density at radius 1 is 1.54 bits per heavy atom. The molecule has 0 aromatic carbocycles. The number of hydrogen-bond acceptors (Lipinski definition) is 6. The van der Waals surface area contributed by atoms with Crippen LogP contribution in [0.2, 0.25) is 0 Å². The number of β-lactam (4-membered cyclic amide) rings is 1. The van der Waals surface area contributed by atoms with E-state index in [1.54, 1.807) is 24.5 Å². The van der Waals surface area contributed by atoms with E-state index in [1.807, 2.05) is 0 Å². The maximum Gasteiger partial charge on any atom is 0.352 e. The number of nitrogens with zero attached hydrogens (tertiary/aromatic N) is 2. The maximum atomic E-state index is 12.4. The molecule has 3 rings (SSSR count). The van der Waals surface area contributed by atoms with E-state index in [-0.39, 0.29) is 11.4 Å². The smallest absolute Gasteiger partial charge is 0.352 e. The van der Waals surface area contributed by atoms with Crippen LogP contribution in [0.4, 0.5) is 0 Å². The molecule has 0 unspecified atom stereocenters. The number of pyridine rings is 1. The van der Waals surface area contributed by atoms with Gasteiger partial charge in [-0.2, -0.15) is 0 Å². The van der Waals surface area contributed by atoms with Gasteiger partial charge in [-0.05, 0) is 23.3 Å². The van der Waals surface area contributed by atoms with E-state index in [4.69, 9.17) is 0 Å². The van der Waals surface area contributed by atoms with E-state index in [0.717, 1.165) is 9.80 Å². The zero-order valence-electron chi connectivity index (χ0n) is 12.2. The van der Waals surface area contributed by atoms with Crippen molar-refractivity contribution in [2.75, 3.05) is 11.5 Å². The van der Waals surface area contributed by atoms with Gasteiger partial charge in [0.2, 0.25) is 11.8 Å². The number of rotatable bonds is 6. The van der Waals surface area contributed by atoms with Gasteiger partial charge in [0, 0.05) is 28.6 Å². The van der Waals surface area contributed by atoms with Crippen LogP contribution in [0.5, 0.6) is 0 Å². The molecule has 0 saturated carbocycles. The van der Waals surface area contributed by atoms with E-state index in [9.17, 15) is 24.0 Å². The first-order valence-corrected chi connectivity index (χ1v) is 9.29. The molecule has 126 valence electrons. The highest BCUT2D eigenvalue weighted by Crippen LogP contribution is 2.38. The van der Waals surface area contributed by atoms with Gasteiger partial charge in [0.15, 0.2) is 6.04 Å². The minimum absolute atomic E-state index is 0.0607. The first kappa shape index (κ1) is 16.8. The van der Waals surface area contributed by atoms with Crippen LogP contribution in [0.1, 0.15) is 0 Å². The number of nitrogens with one attached hydrogen (secondary N) is 1. The third-order valence-corrected chi connectivity index (χ3v) is 6.47. The van der Waals surface area contributed by atoms with Crippen molar-refractivity contribution in [2.24, 2.45) is 0 Å². The molecule has 0 spiro atoms. The first-order chi connectivity index (χ1) is 11.5.